The molecule has 0 spiro atoms. The molecule has 0 aromatic heterocycles. The van der Waals surface area contributed by atoms with Gasteiger partial charge in [0.15, 0.2) is 0 Å². The molecule has 0 heterocycles. The van der Waals surface area contributed by atoms with Crippen molar-refractivity contribution < 1.29 is 19.3 Å². The highest BCUT2D eigenvalue weighted by molar-refractivity contribution is 5.50. The lowest BCUT2D eigenvalue weighted by atomic mass is 10.1. The van der Waals surface area contributed by atoms with Crippen LogP contribution in [-0.4, -0.2) is 39.1 Å². The summed E-state index contributed by atoms with van der Waals surface area (Å²) in [5.74, 6) is 2.19. The highest BCUT2D eigenvalue weighted by Gasteiger charge is 2.12. The zero-order valence-corrected chi connectivity index (χ0v) is 12.7. The molecule has 114 valence electrons. The normalized spacial score (nSPS) is 12.1. The lowest BCUT2D eigenvalue weighted by molar-refractivity contribution is 0.181. The van der Waals surface area contributed by atoms with Crippen LogP contribution in [0, 0.1) is 0 Å². The number of aliphatic hydroxyl groups is 1. The predicted molar refractivity (Wildman–Crippen MR) is 78.7 cm³/mol. The summed E-state index contributed by atoms with van der Waals surface area (Å²) in [4.78, 5) is 0. The van der Waals surface area contributed by atoms with Crippen LogP contribution in [0.2, 0.25) is 0 Å². The fraction of sp³-hybridized carbons (Fsp3) is 0.600. The smallest absolute Gasteiger partial charge is 0.130 e. The number of methoxy groups -OCH3 is 3. The second-order valence-electron chi connectivity index (χ2n) is 4.68. The van der Waals surface area contributed by atoms with Gasteiger partial charge in [-0.1, -0.05) is 0 Å². The van der Waals surface area contributed by atoms with Crippen LogP contribution < -0.4 is 19.5 Å². The number of rotatable bonds is 9. The fourth-order valence-corrected chi connectivity index (χ4v) is 1.99. The van der Waals surface area contributed by atoms with Gasteiger partial charge in [-0.05, 0) is 26.3 Å². The number of hydrogen-bond donors (Lipinski definition) is 2. The van der Waals surface area contributed by atoms with Crippen molar-refractivity contribution in [3.8, 4) is 17.2 Å². The van der Waals surface area contributed by atoms with Crippen molar-refractivity contribution in [3.63, 3.8) is 0 Å². The summed E-state index contributed by atoms with van der Waals surface area (Å²) in [6, 6.07) is 3.69. The van der Waals surface area contributed by atoms with Gasteiger partial charge in [-0.15, -0.1) is 0 Å². The lowest BCUT2D eigenvalue weighted by Crippen LogP contribution is -2.17. The van der Waals surface area contributed by atoms with Gasteiger partial charge in [0.2, 0.25) is 0 Å². The molecule has 0 saturated carbocycles. The highest BCUT2D eigenvalue weighted by atomic mass is 16.5. The van der Waals surface area contributed by atoms with Crippen LogP contribution in [0.5, 0.6) is 17.2 Å². The summed E-state index contributed by atoms with van der Waals surface area (Å²) < 4.78 is 16.0. The molecule has 0 aliphatic rings. The Labute approximate surface area is 120 Å². The lowest BCUT2D eigenvalue weighted by Gasteiger charge is -2.15. The predicted octanol–water partition coefficient (Wildman–Crippen LogP) is 1.96. The van der Waals surface area contributed by atoms with E-state index in [4.69, 9.17) is 14.2 Å². The minimum Gasteiger partial charge on any atom is -0.496 e. The number of benzene rings is 1. The zero-order valence-electron chi connectivity index (χ0n) is 12.7. The first-order chi connectivity index (χ1) is 9.62. The van der Waals surface area contributed by atoms with Crippen LogP contribution in [-0.2, 0) is 6.54 Å². The van der Waals surface area contributed by atoms with Crippen LogP contribution >= 0.6 is 0 Å². The van der Waals surface area contributed by atoms with Crippen LogP contribution in [0.1, 0.15) is 25.3 Å². The second-order valence-corrected chi connectivity index (χ2v) is 4.68. The van der Waals surface area contributed by atoms with Gasteiger partial charge in [0.1, 0.15) is 17.2 Å². The minimum absolute atomic E-state index is 0.248. The first-order valence-electron chi connectivity index (χ1n) is 6.80. The van der Waals surface area contributed by atoms with Crippen molar-refractivity contribution in [2.75, 3.05) is 27.9 Å². The van der Waals surface area contributed by atoms with Crippen molar-refractivity contribution in [2.45, 2.75) is 32.4 Å². The van der Waals surface area contributed by atoms with E-state index < -0.39 is 0 Å². The van der Waals surface area contributed by atoms with Crippen molar-refractivity contribution in [2.24, 2.45) is 0 Å². The van der Waals surface area contributed by atoms with Crippen LogP contribution in [0.4, 0.5) is 0 Å². The fourth-order valence-electron chi connectivity index (χ4n) is 1.99. The quantitative estimate of drug-likeness (QED) is 0.678. The van der Waals surface area contributed by atoms with E-state index in [9.17, 15) is 5.11 Å². The van der Waals surface area contributed by atoms with E-state index in [-0.39, 0.29) is 6.10 Å². The third-order valence-corrected chi connectivity index (χ3v) is 3.09. The Kier molecular flexibility index (Phi) is 7.18. The second kappa shape index (κ2) is 8.66. The van der Waals surface area contributed by atoms with Gasteiger partial charge in [-0.3, -0.25) is 0 Å². The van der Waals surface area contributed by atoms with E-state index in [1.807, 2.05) is 12.1 Å². The number of ether oxygens (including phenoxy) is 3. The summed E-state index contributed by atoms with van der Waals surface area (Å²) in [6.07, 6.45) is 1.48. The standard InChI is InChI=1S/C15H25NO4/c1-11(17)6-5-7-16-10-13-14(19-3)8-12(18-2)9-15(13)20-4/h8-9,11,16-17H,5-7,10H2,1-4H3. The van der Waals surface area contributed by atoms with Crippen LogP contribution in [0.3, 0.4) is 0 Å². The summed E-state index contributed by atoms with van der Waals surface area (Å²) in [5.41, 5.74) is 0.966. The zero-order chi connectivity index (χ0) is 15.0. The minimum atomic E-state index is -0.248. The van der Waals surface area contributed by atoms with Gasteiger partial charge in [-0.25, -0.2) is 0 Å². The summed E-state index contributed by atoms with van der Waals surface area (Å²) >= 11 is 0. The Morgan fingerprint density at radius 3 is 2.15 bits per heavy atom. The highest BCUT2D eigenvalue weighted by Crippen LogP contribution is 2.33. The van der Waals surface area contributed by atoms with Gasteiger partial charge in [0, 0.05) is 18.7 Å². The van der Waals surface area contributed by atoms with Crippen molar-refractivity contribution in [1.29, 1.82) is 0 Å². The molecule has 0 aliphatic carbocycles. The molecule has 0 amide bonds. The summed E-state index contributed by atoms with van der Waals surface area (Å²) in [7, 11) is 4.87. The van der Waals surface area contributed by atoms with Crippen molar-refractivity contribution in [1.82, 2.24) is 5.32 Å². The van der Waals surface area contributed by atoms with Gasteiger partial charge >= 0.3 is 0 Å². The Hall–Kier alpha value is -1.46. The summed E-state index contributed by atoms with van der Waals surface area (Å²) in [6.45, 7) is 3.29. The van der Waals surface area contributed by atoms with Gasteiger partial charge in [0.05, 0.1) is 33.0 Å². The molecule has 1 unspecified atom stereocenters. The molecule has 0 aliphatic heterocycles. The molecule has 5 heteroatoms. The Bertz CT molecular complexity index is 382. The van der Waals surface area contributed by atoms with Gasteiger partial charge < -0.3 is 24.6 Å². The first-order valence-corrected chi connectivity index (χ1v) is 6.80. The summed E-state index contributed by atoms with van der Waals surface area (Å²) in [5, 5.41) is 12.5. The van der Waals surface area contributed by atoms with Gasteiger partial charge in [-0.2, -0.15) is 0 Å². The van der Waals surface area contributed by atoms with E-state index in [0.717, 1.165) is 36.4 Å². The molecule has 0 radical (unpaired) electrons. The molecule has 20 heavy (non-hydrogen) atoms. The average Bonchev–Trinajstić information content (AvgIpc) is 2.46. The van der Waals surface area contributed by atoms with Crippen molar-refractivity contribution >= 4 is 0 Å². The molecule has 0 saturated heterocycles. The third kappa shape index (κ3) is 4.90. The molecule has 0 bridgehead atoms. The molecule has 0 fully saturated rings. The molecular formula is C15H25NO4. The number of hydrogen-bond acceptors (Lipinski definition) is 5. The molecule has 1 atom stereocenters. The number of aliphatic hydroxyl groups excluding tert-OH is 1. The van der Waals surface area contributed by atoms with E-state index in [1.54, 1.807) is 28.3 Å². The van der Waals surface area contributed by atoms with E-state index in [1.165, 1.54) is 0 Å². The monoisotopic (exact) mass is 283 g/mol. The Morgan fingerprint density at radius 2 is 1.70 bits per heavy atom. The molecule has 1 rings (SSSR count). The van der Waals surface area contributed by atoms with E-state index in [0.29, 0.717) is 12.3 Å². The van der Waals surface area contributed by atoms with Crippen molar-refractivity contribution in [3.05, 3.63) is 17.7 Å². The molecular weight excluding hydrogens is 258 g/mol. The third-order valence-electron chi connectivity index (χ3n) is 3.09. The van der Waals surface area contributed by atoms with E-state index in [2.05, 4.69) is 5.32 Å². The largest absolute Gasteiger partial charge is 0.496 e. The molecule has 1 aromatic rings. The topological polar surface area (TPSA) is 60.0 Å². The van der Waals surface area contributed by atoms with E-state index >= 15 is 0 Å². The first kappa shape index (κ1) is 16.6. The molecule has 2 N–H and O–H groups in total. The number of nitrogens with one attached hydrogen (secondary N) is 1. The maximum atomic E-state index is 9.21. The Morgan fingerprint density at radius 1 is 1.10 bits per heavy atom. The maximum absolute atomic E-state index is 9.21. The average molecular weight is 283 g/mol. The maximum Gasteiger partial charge on any atom is 0.130 e. The Balaban J connectivity index is 2.67. The van der Waals surface area contributed by atoms with Crippen LogP contribution in [0.25, 0.3) is 0 Å². The molecule has 5 nitrogen and oxygen atoms in total. The van der Waals surface area contributed by atoms with Gasteiger partial charge in [0.25, 0.3) is 0 Å². The van der Waals surface area contributed by atoms with Crippen LogP contribution in [0.15, 0.2) is 12.1 Å². The molecule has 1 aromatic carbocycles. The SMILES string of the molecule is COc1cc(OC)c(CNCCCC(C)O)c(OC)c1.